The molecule has 0 unspecified atom stereocenters. The number of carbonyl (C=O) groups is 2. The van der Waals surface area contributed by atoms with E-state index in [0.29, 0.717) is 25.1 Å². The lowest BCUT2D eigenvalue weighted by atomic mass is 10.1. The van der Waals surface area contributed by atoms with Crippen molar-refractivity contribution in [3.05, 3.63) is 35.4 Å². The van der Waals surface area contributed by atoms with Crippen molar-refractivity contribution in [2.24, 2.45) is 11.5 Å². The van der Waals surface area contributed by atoms with Crippen LogP contribution < -0.4 is 11.5 Å². The number of rotatable bonds is 8. The minimum atomic E-state index is -0.444. The number of unbranched alkanes of at least 4 members (excludes halogenated alkanes) is 2. The highest BCUT2D eigenvalue weighted by Gasteiger charge is 2.09. The molecule has 0 aliphatic rings. The van der Waals surface area contributed by atoms with Gasteiger partial charge in [-0.1, -0.05) is 18.6 Å². The van der Waals surface area contributed by atoms with Gasteiger partial charge in [-0.15, -0.1) is 0 Å². The van der Waals surface area contributed by atoms with Crippen molar-refractivity contribution in [1.82, 2.24) is 4.90 Å². The van der Waals surface area contributed by atoms with Crippen molar-refractivity contribution in [2.45, 2.75) is 32.2 Å². The van der Waals surface area contributed by atoms with Gasteiger partial charge in [0.2, 0.25) is 11.8 Å². The van der Waals surface area contributed by atoms with Gasteiger partial charge in [-0.05, 0) is 37.1 Å². The summed E-state index contributed by atoms with van der Waals surface area (Å²) in [6, 6.07) is 6.99. The first kappa shape index (κ1) is 16.2. The first-order valence-electron chi connectivity index (χ1n) is 6.87. The van der Waals surface area contributed by atoms with Crippen molar-refractivity contribution >= 4 is 11.8 Å². The first-order valence-corrected chi connectivity index (χ1v) is 6.87. The van der Waals surface area contributed by atoms with Crippen LogP contribution in [0.2, 0.25) is 0 Å². The predicted octanol–water partition coefficient (Wildman–Crippen LogP) is 1.26. The lowest BCUT2D eigenvalue weighted by Crippen LogP contribution is -2.25. The molecule has 0 bridgehead atoms. The molecule has 1 aromatic rings. The molecule has 4 N–H and O–H groups in total. The maximum atomic E-state index is 11.9. The smallest absolute Gasteiger partial charge is 0.248 e. The standard InChI is InChI=1S/C15H23N3O2/c1-18(14(19)5-3-2-4-10-16)11-12-6-8-13(9-7-12)15(17)20/h6-9H,2-5,10-11,16H2,1H3,(H2,17,20). The van der Waals surface area contributed by atoms with E-state index in [4.69, 9.17) is 11.5 Å². The fraction of sp³-hybridized carbons (Fsp3) is 0.467. The van der Waals surface area contributed by atoms with E-state index in [1.807, 2.05) is 12.1 Å². The van der Waals surface area contributed by atoms with Crippen LogP contribution in [0.15, 0.2) is 24.3 Å². The first-order chi connectivity index (χ1) is 9.54. The van der Waals surface area contributed by atoms with E-state index in [1.165, 1.54) is 0 Å². The molecule has 0 spiro atoms. The van der Waals surface area contributed by atoms with E-state index in [2.05, 4.69) is 0 Å². The monoisotopic (exact) mass is 277 g/mol. The summed E-state index contributed by atoms with van der Waals surface area (Å²) in [7, 11) is 1.78. The highest BCUT2D eigenvalue weighted by Crippen LogP contribution is 2.09. The van der Waals surface area contributed by atoms with Gasteiger partial charge in [-0.2, -0.15) is 0 Å². The van der Waals surface area contributed by atoms with Crippen LogP contribution in [0, 0.1) is 0 Å². The van der Waals surface area contributed by atoms with Crippen LogP contribution in [-0.2, 0) is 11.3 Å². The number of nitrogens with zero attached hydrogens (tertiary/aromatic N) is 1. The summed E-state index contributed by atoms with van der Waals surface area (Å²) in [6.07, 6.45) is 3.38. The predicted molar refractivity (Wildman–Crippen MR) is 79.0 cm³/mol. The van der Waals surface area contributed by atoms with Crippen LogP contribution in [0.5, 0.6) is 0 Å². The van der Waals surface area contributed by atoms with Gasteiger partial charge in [0, 0.05) is 25.6 Å². The van der Waals surface area contributed by atoms with E-state index >= 15 is 0 Å². The molecule has 1 aromatic carbocycles. The second kappa shape index (κ2) is 8.32. The van der Waals surface area contributed by atoms with Crippen LogP contribution in [0.1, 0.15) is 41.6 Å². The van der Waals surface area contributed by atoms with Crippen molar-refractivity contribution < 1.29 is 9.59 Å². The van der Waals surface area contributed by atoms with Crippen molar-refractivity contribution in [2.75, 3.05) is 13.6 Å². The minimum Gasteiger partial charge on any atom is -0.366 e. The molecule has 110 valence electrons. The maximum absolute atomic E-state index is 11.9. The number of primary amides is 1. The fourth-order valence-corrected chi connectivity index (χ4v) is 1.92. The third-order valence-electron chi connectivity index (χ3n) is 3.18. The zero-order valence-corrected chi connectivity index (χ0v) is 12.0. The normalized spacial score (nSPS) is 10.3. The maximum Gasteiger partial charge on any atom is 0.248 e. The Morgan fingerprint density at radius 2 is 1.75 bits per heavy atom. The highest BCUT2D eigenvalue weighted by atomic mass is 16.2. The highest BCUT2D eigenvalue weighted by molar-refractivity contribution is 5.92. The summed E-state index contributed by atoms with van der Waals surface area (Å²) >= 11 is 0. The van der Waals surface area contributed by atoms with E-state index in [-0.39, 0.29) is 5.91 Å². The Balaban J connectivity index is 2.42. The number of amides is 2. The molecular weight excluding hydrogens is 254 g/mol. The van der Waals surface area contributed by atoms with Gasteiger partial charge in [0.25, 0.3) is 0 Å². The molecule has 0 aliphatic heterocycles. The summed E-state index contributed by atoms with van der Waals surface area (Å²) in [4.78, 5) is 24.6. The number of carbonyl (C=O) groups excluding carboxylic acids is 2. The average Bonchev–Trinajstić information content (AvgIpc) is 2.44. The topological polar surface area (TPSA) is 89.4 Å². The molecular formula is C15H23N3O2. The second-order valence-electron chi connectivity index (χ2n) is 4.91. The van der Waals surface area contributed by atoms with Crippen molar-refractivity contribution in [3.8, 4) is 0 Å². The lowest BCUT2D eigenvalue weighted by molar-refractivity contribution is -0.130. The molecule has 2 amide bonds. The molecule has 0 aromatic heterocycles. The number of nitrogens with two attached hydrogens (primary N) is 2. The zero-order valence-electron chi connectivity index (χ0n) is 12.0. The van der Waals surface area contributed by atoms with Gasteiger partial charge in [0.1, 0.15) is 0 Å². The van der Waals surface area contributed by atoms with Crippen molar-refractivity contribution in [1.29, 1.82) is 0 Å². The molecule has 5 nitrogen and oxygen atoms in total. The second-order valence-corrected chi connectivity index (χ2v) is 4.91. The summed E-state index contributed by atoms with van der Waals surface area (Å²) in [6.45, 7) is 1.21. The summed E-state index contributed by atoms with van der Waals surface area (Å²) in [5.41, 5.74) is 12.0. The van der Waals surface area contributed by atoms with Gasteiger partial charge >= 0.3 is 0 Å². The minimum absolute atomic E-state index is 0.126. The Labute approximate surface area is 119 Å². The molecule has 0 aliphatic carbocycles. The van der Waals surface area contributed by atoms with E-state index in [0.717, 1.165) is 24.8 Å². The summed E-state index contributed by atoms with van der Waals surface area (Å²) in [5.74, 6) is -0.318. The molecule has 0 radical (unpaired) electrons. The fourth-order valence-electron chi connectivity index (χ4n) is 1.92. The molecule has 0 fully saturated rings. The molecule has 0 atom stereocenters. The Morgan fingerprint density at radius 3 is 2.30 bits per heavy atom. The van der Waals surface area contributed by atoms with Crippen LogP contribution in [0.4, 0.5) is 0 Å². The molecule has 1 rings (SSSR count). The lowest BCUT2D eigenvalue weighted by Gasteiger charge is -2.17. The van der Waals surface area contributed by atoms with Gasteiger partial charge in [-0.3, -0.25) is 9.59 Å². The Morgan fingerprint density at radius 1 is 1.10 bits per heavy atom. The third-order valence-corrected chi connectivity index (χ3v) is 3.18. The average molecular weight is 277 g/mol. The largest absolute Gasteiger partial charge is 0.366 e. The van der Waals surface area contributed by atoms with Gasteiger partial charge in [-0.25, -0.2) is 0 Å². The molecule has 0 saturated carbocycles. The Bertz CT molecular complexity index is 443. The number of hydrogen-bond acceptors (Lipinski definition) is 3. The van der Waals surface area contributed by atoms with E-state index < -0.39 is 5.91 Å². The number of hydrogen-bond donors (Lipinski definition) is 2. The van der Waals surface area contributed by atoms with Gasteiger partial charge < -0.3 is 16.4 Å². The third kappa shape index (κ3) is 5.40. The molecule has 20 heavy (non-hydrogen) atoms. The number of benzene rings is 1. The van der Waals surface area contributed by atoms with Gasteiger partial charge in [0.15, 0.2) is 0 Å². The van der Waals surface area contributed by atoms with Crippen LogP contribution in [0.25, 0.3) is 0 Å². The Kier molecular flexibility index (Phi) is 6.73. The van der Waals surface area contributed by atoms with E-state index in [9.17, 15) is 9.59 Å². The SMILES string of the molecule is CN(Cc1ccc(C(N)=O)cc1)C(=O)CCCCCN. The van der Waals surface area contributed by atoms with Crippen LogP contribution in [0.3, 0.4) is 0 Å². The quantitative estimate of drug-likeness (QED) is 0.701. The van der Waals surface area contributed by atoms with Gasteiger partial charge in [0.05, 0.1) is 0 Å². The Hall–Kier alpha value is -1.88. The summed E-state index contributed by atoms with van der Waals surface area (Å²) < 4.78 is 0. The summed E-state index contributed by atoms with van der Waals surface area (Å²) in [5, 5.41) is 0. The van der Waals surface area contributed by atoms with Crippen molar-refractivity contribution in [3.63, 3.8) is 0 Å². The molecule has 5 heteroatoms. The van der Waals surface area contributed by atoms with Crippen LogP contribution >= 0.6 is 0 Å². The zero-order chi connectivity index (χ0) is 15.0. The molecule has 0 heterocycles. The van der Waals surface area contributed by atoms with Crippen LogP contribution in [-0.4, -0.2) is 30.3 Å². The van der Waals surface area contributed by atoms with E-state index in [1.54, 1.807) is 24.1 Å². The molecule has 0 saturated heterocycles.